The molecule has 0 atom stereocenters. The number of anilines is 1. The number of benzene rings is 2. The second-order valence-corrected chi connectivity index (χ2v) is 8.84. The number of ether oxygens (including phenoxy) is 1. The average molecular weight is 538 g/mol. The maximum absolute atomic E-state index is 12.7. The van der Waals surface area contributed by atoms with Crippen LogP contribution in [0.2, 0.25) is 0 Å². The summed E-state index contributed by atoms with van der Waals surface area (Å²) in [7, 11) is 1.43. The van der Waals surface area contributed by atoms with E-state index in [2.05, 4.69) is 5.32 Å². The largest absolute Gasteiger partial charge is 0.504 e. The Morgan fingerprint density at radius 2 is 2.00 bits per heavy atom. The number of amides is 3. The summed E-state index contributed by atoms with van der Waals surface area (Å²) in [5.41, 5.74) is 3.20. The van der Waals surface area contributed by atoms with Crippen molar-refractivity contribution in [3.05, 3.63) is 55.5 Å². The number of methoxy groups -OCH3 is 1. The molecule has 2 N–H and O–H groups in total. The van der Waals surface area contributed by atoms with E-state index in [-0.39, 0.29) is 22.9 Å². The molecule has 1 heterocycles. The zero-order chi connectivity index (χ0) is 22.0. The topological polar surface area (TPSA) is 95.9 Å². The number of halogens is 1. The molecule has 2 aromatic carbocycles. The maximum atomic E-state index is 12.7. The van der Waals surface area contributed by atoms with Crippen LogP contribution in [0.5, 0.6) is 11.5 Å². The number of aromatic hydroxyl groups is 1. The molecule has 1 aliphatic heterocycles. The fourth-order valence-corrected chi connectivity index (χ4v) is 4.37. The lowest BCUT2D eigenvalue weighted by Crippen LogP contribution is -2.36. The first-order valence-corrected chi connectivity index (χ1v) is 10.8. The van der Waals surface area contributed by atoms with Crippen LogP contribution in [0.1, 0.15) is 16.7 Å². The van der Waals surface area contributed by atoms with Crippen LogP contribution in [0.15, 0.2) is 35.2 Å². The lowest BCUT2D eigenvalue weighted by molar-refractivity contribution is -0.127. The fraction of sp³-hybridized carbons (Fsp3) is 0.190. The Morgan fingerprint density at radius 3 is 2.67 bits per heavy atom. The van der Waals surface area contributed by atoms with E-state index < -0.39 is 17.1 Å². The molecule has 3 amide bonds. The van der Waals surface area contributed by atoms with Gasteiger partial charge in [-0.3, -0.25) is 19.3 Å². The van der Waals surface area contributed by atoms with Crippen LogP contribution < -0.4 is 10.1 Å². The first-order chi connectivity index (χ1) is 14.2. The van der Waals surface area contributed by atoms with Gasteiger partial charge in [0.2, 0.25) is 5.91 Å². The number of aryl methyl sites for hydroxylation is 2. The number of phenols is 1. The molecule has 0 bridgehead atoms. The number of carbonyl (C=O) groups excluding carboxylic acids is 3. The fourth-order valence-electron chi connectivity index (χ4n) is 2.91. The monoisotopic (exact) mass is 538 g/mol. The van der Waals surface area contributed by atoms with Crippen LogP contribution in [0, 0.1) is 17.4 Å². The summed E-state index contributed by atoms with van der Waals surface area (Å²) in [6, 6.07) is 8.83. The summed E-state index contributed by atoms with van der Waals surface area (Å²) in [6.45, 7) is 3.46. The highest BCUT2D eigenvalue weighted by atomic mass is 127. The molecule has 1 aliphatic rings. The highest BCUT2D eigenvalue weighted by Crippen LogP contribution is 2.36. The number of carbonyl (C=O) groups is 3. The molecule has 0 spiro atoms. The highest BCUT2D eigenvalue weighted by molar-refractivity contribution is 14.1. The molecule has 0 radical (unpaired) electrons. The Hall–Kier alpha value is -2.53. The third kappa shape index (κ3) is 4.78. The second-order valence-electron chi connectivity index (χ2n) is 6.69. The predicted molar refractivity (Wildman–Crippen MR) is 125 cm³/mol. The van der Waals surface area contributed by atoms with Crippen LogP contribution in [0.3, 0.4) is 0 Å². The Labute approximate surface area is 191 Å². The van der Waals surface area contributed by atoms with Crippen LogP contribution >= 0.6 is 34.4 Å². The number of nitrogens with zero attached hydrogens (tertiary/aromatic N) is 1. The SMILES string of the molecule is COc1cc(/C=C2/SC(=O)N(CC(=O)Nc3ccc(C)cc3C)C2=O)cc(I)c1O. The van der Waals surface area contributed by atoms with Crippen molar-refractivity contribution in [1.29, 1.82) is 0 Å². The van der Waals surface area contributed by atoms with Gasteiger partial charge in [0.1, 0.15) is 6.54 Å². The van der Waals surface area contributed by atoms with Crippen molar-refractivity contribution >= 4 is 63.2 Å². The Kier molecular flexibility index (Phi) is 6.71. The standard InChI is InChI=1S/C21H19IN2O5S/c1-11-4-5-15(12(2)6-11)23-18(25)10-24-20(27)17(30-21(24)28)9-13-7-14(22)19(26)16(8-13)29-3/h4-9,26H,10H2,1-3H3,(H,23,25)/b17-9+. The quantitative estimate of drug-likeness (QED) is 0.436. The zero-order valence-corrected chi connectivity index (χ0v) is 19.5. The third-order valence-electron chi connectivity index (χ3n) is 4.40. The van der Waals surface area contributed by atoms with Gasteiger partial charge in [0.05, 0.1) is 15.6 Å². The Morgan fingerprint density at radius 1 is 1.27 bits per heavy atom. The summed E-state index contributed by atoms with van der Waals surface area (Å²) in [5, 5.41) is 12.2. The number of imide groups is 1. The first-order valence-electron chi connectivity index (χ1n) is 8.88. The predicted octanol–water partition coefficient (Wildman–Crippen LogP) is 4.30. The minimum Gasteiger partial charge on any atom is -0.504 e. The summed E-state index contributed by atoms with van der Waals surface area (Å²) in [5.74, 6) is -0.721. The van der Waals surface area contributed by atoms with E-state index in [1.165, 1.54) is 13.2 Å². The molecule has 9 heteroatoms. The number of hydrogen-bond donors (Lipinski definition) is 2. The summed E-state index contributed by atoms with van der Waals surface area (Å²) < 4.78 is 5.67. The van der Waals surface area contributed by atoms with Gasteiger partial charge in [0.15, 0.2) is 11.5 Å². The van der Waals surface area contributed by atoms with E-state index in [9.17, 15) is 19.5 Å². The van der Waals surface area contributed by atoms with Crippen molar-refractivity contribution in [2.45, 2.75) is 13.8 Å². The van der Waals surface area contributed by atoms with Crippen LogP contribution in [-0.2, 0) is 9.59 Å². The molecule has 0 saturated carbocycles. The van der Waals surface area contributed by atoms with E-state index in [0.717, 1.165) is 27.8 Å². The van der Waals surface area contributed by atoms with Crippen LogP contribution in [0.4, 0.5) is 10.5 Å². The normalized spacial score (nSPS) is 15.1. The van der Waals surface area contributed by atoms with Gasteiger partial charge in [-0.1, -0.05) is 17.7 Å². The van der Waals surface area contributed by atoms with E-state index in [4.69, 9.17) is 4.74 Å². The molecule has 156 valence electrons. The van der Waals surface area contributed by atoms with E-state index in [0.29, 0.717) is 14.8 Å². The van der Waals surface area contributed by atoms with E-state index >= 15 is 0 Å². The van der Waals surface area contributed by atoms with Gasteiger partial charge in [-0.15, -0.1) is 0 Å². The van der Waals surface area contributed by atoms with Crippen molar-refractivity contribution in [3.8, 4) is 11.5 Å². The minimum absolute atomic E-state index is 0.00595. The number of phenolic OH excluding ortho intramolecular Hbond substituents is 1. The number of rotatable bonds is 5. The van der Waals surface area contributed by atoms with Gasteiger partial charge in [-0.05, 0) is 83.6 Å². The molecule has 0 aromatic heterocycles. The van der Waals surface area contributed by atoms with Crippen LogP contribution in [-0.4, -0.2) is 40.7 Å². The molecule has 0 unspecified atom stereocenters. The van der Waals surface area contributed by atoms with Crippen molar-refractivity contribution in [2.24, 2.45) is 0 Å². The smallest absolute Gasteiger partial charge is 0.294 e. The van der Waals surface area contributed by atoms with Gasteiger partial charge in [-0.25, -0.2) is 0 Å². The first kappa shape index (κ1) is 22.2. The van der Waals surface area contributed by atoms with Crippen molar-refractivity contribution in [1.82, 2.24) is 4.90 Å². The van der Waals surface area contributed by atoms with Gasteiger partial charge in [0, 0.05) is 5.69 Å². The lowest BCUT2D eigenvalue weighted by atomic mass is 10.1. The average Bonchev–Trinajstić information content (AvgIpc) is 2.94. The van der Waals surface area contributed by atoms with Gasteiger partial charge in [0.25, 0.3) is 11.1 Å². The van der Waals surface area contributed by atoms with E-state index in [1.807, 2.05) is 48.6 Å². The molecule has 7 nitrogen and oxygen atoms in total. The minimum atomic E-state index is -0.539. The second kappa shape index (κ2) is 9.09. The van der Waals surface area contributed by atoms with Gasteiger partial charge in [-0.2, -0.15) is 0 Å². The third-order valence-corrected chi connectivity index (χ3v) is 6.13. The summed E-state index contributed by atoms with van der Waals surface area (Å²) >= 11 is 2.71. The lowest BCUT2D eigenvalue weighted by Gasteiger charge is -2.14. The van der Waals surface area contributed by atoms with Crippen LogP contribution in [0.25, 0.3) is 6.08 Å². The molecule has 0 aliphatic carbocycles. The van der Waals surface area contributed by atoms with Crippen molar-refractivity contribution in [2.75, 3.05) is 19.0 Å². The zero-order valence-electron chi connectivity index (χ0n) is 16.5. The highest BCUT2D eigenvalue weighted by Gasteiger charge is 2.36. The molecule has 1 fully saturated rings. The van der Waals surface area contributed by atoms with Crippen molar-refractivity contribution < 1.29 is 24.2 Å². The number of nitrogens with one attached hydrogen (secondary N) is 1. The molecule has 30 heavy (non-hydrogen) atoms. The maximum Gasteiger partial charge on any atom is 0.294 e. The summed E-state index contributed by atoms with van der Waals surface area (Å²) in [4.78, 5) is 38.5. The van der Waals surface area contributed by atoms with Crippen molar-refractivity contribution in [3.63, 3.8) is 0 Å². The molecular weight excluding hydrogens is 519 g/mol. The molecule has 3 rings (SSSR count). The van der Waals surface area contributed by atoms with Gasteiger partial charge >= 0.3 is 0 Å². The molecular formula is C21H19IN2O5S. The molecule has 1 saturated heterocycles. The Balaban J connectivity index is 1.75. The number of hydrogen-bond acceptors (Lipinski definition) is 6. The van der Waals surface area contributed by atoms with E-state index in [1.54, 1.807) is 18.2 Å². The molecule has 2 aromatic rings. The summed E-state index contributed by atoms with van der Waals surface area (Å²) in [6.07, 6.45) is 1.54. The van der Waals surface area contributed by atoms with Gasteiger partial charge < -0.3 is 15.2 Å². The Bertz CT molecular complexity index is 1080. The number of thioether (sulfide) groups is 1.